The maximum absolute atomic E-state index is 5.96. The van der Waals surface area contributed by atoms with E-state index in [9.17, 15) is 0 Å². The Balaban J connectivity index is 2.14. The first-order valence-electron chi connectivity index (χ1n) is 4.38. The van der Waals surface area contributed by atoms with Gasteiger partial charge in [0.05, 0.1) is 11.1 Å². The monoisotopic (exact) mass is 216 g/mol. The van der Waals surface area contributed by atoms with Crippen molar-refractivity contribution in [3.8, 4) is 5.75 Å². The molecule has 1 aromatic rings. The van der Waals surface area contributed by atoms with Gasteiger partial charge in [0.1, 0.15) is 10.8 Å². The lowest BCUT2D eigenvalue weighted by molar-refractivity contribution is 0.120. The lowest BCUT2D eigenvalue weighted by atomic mass is 9.96. The maximum Gasteiger partial charge on any atom is 0.139 e. The molecule has 0 amide bonds. The summed E-state index contributed by atoms with van der Waals surface area (Å²) < 4.78 is 5.65. The number of ether oxygens (including phenoxy) is 1. The third-order valence-corrected chi connectivity index (χ3v) is 3.06. The average Bonchev–Trinajstić information content (AvgIpc) is 2.04. The highest BCUT2D eigenvalue weighted by Gasteiger charge is 2.20. The van der Waals surface area contributed by atoms with Crippen molar-refractivity contribution in [1.29, 1.82) is 0 Å². The van der Waals surface area contributed by atoms with Crippen LogP contribution in [0.5, 0.6) is 5.75 Å². The molecule has 2 rings (SSSR count). The van der Waals surface area contributed by atoms with Crippen LogP contribution in [0.4, 0.5) is 0 Å². The Morgan fingerprint density at radius 1 is 1.23 bits per heavy atom. The summed E-state index contributed by atoms with van der Waals surface area (Å²) in [6.45, 7) is 0. The zero-order valence-corrected chi connectivity index (χ0v) is 8.61. The van der Waals surface area contributed by atoms with Crippen molar-refractivity contribution in [1.82, 2.24) is 0 Å². The standard InChI is InChI=1S/C10H10Cl2O/c11-8-5-2-6-9(10(8)12)13-7-3-1-4-7/h2,5-7H,1,3-4H2. The number of halogens is 2. The smallest absolute Gasteiger partial charge is 0.139 e. The van der Waals surface area contributed by atoms with E-state index in [-0.39, 0.29) is 0 Å². The Morgan fingerprint density at radius 2 is 2.00 bits per heavy atom. The molecular weight excluding hydrogens is 207 g/mol. The van der Waals surface area contributed by atoms with Gasteiger partial charge >= 0.3 is 0 Å². The Hall–Kier alpha value is -0.400. The normalized spacial score (nSPS) is 16.8. The molecule has 0 unspecified atom stereocenters. The fourth-order valence-electron chi connectivity index (χ4n) is 1.24. The van der Waals surface area contributed by atoms with E-state index in [0.717, 1.165) is 12.8 Å². The van der Waals surface area contributed by atoms with Crippen molar-refractivity contribution in [3.63, 3.8) is 0 Å². The molecule has 3 heteroatoms. The molecular formula is C10H10Cl2O. The Labute approximate surface area is 87.6 Å². The molecule has 0 bridgehead atoms. The Bertz CT molecular complexity index is 308. The zero-order valence-electron chi connectivity index (χ0n) is 7.09. The molecule has 0 heterocycles. The van der Waals surface area contributed by atoms with E-state index >= 15 is 0 Å². The largest absolute Gasteiger partial charge is 0.489 e. The number of hydrogen-bond donors (Lipinski definition) is 0. The van der Waals surface area contributed by atoms with Gasteiger partial charge in [-0.05, 0) is 31.4 Å². The highest BCUT2D eigenvalue weighted by molar-refractivity contribution is 6.42. The topological polar surface area (TPSA) is 9.23 Å². The third-order valence-electron chi connectivity index (χ3n) is 2.26. The molecule has 0 radical (unpaired) electrons. The summed E-state index contributed by atoms with van der Waals surface area (Å²) in [5, 5.41) is 1.08. The van der Waals surface area contributed by atoms with Crippen molar-refractivity contribution in [3.05, 3.63) is 28.2 Å². The van der Waals surface area contributed by atoms with E-state index in [4.69, 9.17) is 27.9 Å². The molecule has 0 spiro atoms. The third kappa shape index (κ3) is 1.92. The summed E-state index contributed by atoms with van der Waals surface area (Å²) in [6, 6.07) is 5.46. The van der Waals surface area contributed by atoms with Crippen LogP contribution >= 0.6 is 23.2 Å². The van der Waals surface area contributed by atoms with E-state index < -0.39 is 0 Å². The Morgan fingerprint density at radius 3 is 2.62 bits per heavy atom. The molecule has 0 atom stereocenters. The summed E-state index contributed by atoms with van der Waals surface area (Å²) in [5.41, 5.74) is 0. The molecule has 1 aromatic carbocycles. The lowest BCUT2D eigenvalue weighted by Crippen LogP contribution is -2.24. The van der Waals surface area contributed by atoms with Crippen LogP contribution in [-0.2, 0) is 0 Å². The first kappa shape index (κ1) is 9.17. The van der Waals surface area contributed by atoms with E-state index in [0.29, 0.717) is 21.9 Å². The van der Waals surface area contributed by atoms with Crippen molar-refractivity contribution in [2.75, 3.05) is 0 Å². The first-order chi connectivity index (χ1) is 6.27. The van der Waals surface area contributed by atoms with E-state index in [1.165, 1.54) is 6.42 Å². The minimum atomic E-state index is 0.343. The van der Waals surface area contributed by atoms with Gasteiger partial charge < -0.3 is 4.74 Å². The van der Waals surface area contributed by atoms with Gasteiger partial charge in [0.2, 0.25) is 0 Å². The molecule has 0 aliphatic heterocycles. The van der Waals surface area contributed by atoms with Crippen LogP contribution in [0, 0.1) is 0 Å². The van der Waals surface area contributed by atoms with Crippen LogP contribution in [0.25, 0.3) is 0 Å². The number of rotatable bonds is 2. The summed E-state index contributed by atoms with van der Waals surface area (Å²) >= 11 is 11.8. The zero-order chi connectivity index (χ0) is 9.26. The average molecular weight is 217 g/mol. The molecule has 0 aromatic heterocycles. The van der Waals surface area contributed by atoms with Gasteiger partial charge in [-0.3, -0.25) is 0 Å². The second kappa shape index (κ2) is 3.77. The molecule has 0 N–H and O–H groups in total. The van der Waals surface area contributed by atoms with Gasteiger partial charge in [-0.1, -0.05) is 29.3 Å². The SMILES string of the molecule is Clc1cccc(OC2CCC2)c1Cl. The quantitative estimate of drug-likeness (QED) is 0.729. The van der Waals surface area contributed by atoms with Gasteiger partial charge in [-0.25, -0.2) is 0 Å². The van der Waals surface area contributed by atoms with Crippen molar-refractivity contribution in [2.45, 2.75) is 25.4 Å². The fraction of sp³-hybridized carbons (Fsp3) is 0.400. The molecule has 0 saturated heterocycles. The number of hydrogen-bond acceptors (Lipinski definition) is 1. The molecule has 1 aliphatic rings. The van der Waals surface area contributed by atoms with Gasteiger partial charge in [0.25, 0.3) is 0 Å². The van der Waals surface area contributed by atoms with Crippen molar-refractivity contribution >= 4 is 23.2 Å². The lowest BCUT2D eigenvalue weighted by Gasteiger charge is -2.26. The van der Waals surface area contributed by atoms with Gasteiger partial charge in [-0.15, -0.1) is 0 Å². The van der Waals surface area contributed by atoms with Crippen LogP contribution in [0.1, 0.15) is 19.3 Å². The van der Waals surface area contributed by atoms with Gasteiger partial charge in [-0.2, -0.15) is 0 Å². The first-order valence-corrected chi connectivity index (χ1v) is 5.13. The van der Waals surface area contributed by atoms with E-state index in [1.54, 1.807) is 6.07 Å². The molecule has 1 saturated carbocycles. The fourth-order valence-corrected chi connectivity index (χ4v) is 1.58. The van der Waals surface area contributed by atoms with Crippen molar-refractivity contribution < 1.29 is 4.74 Å². The minimum Gasteiger partial charge on any atom is -0.489 e. The maximum atomic E-state index is 5.96. The highest BCUT2D eigenvalue weighted by atomic mass is 35.5. The summed E-state index contributed by atoms with van der Waals surface area (Å²) in [6.07, 6.45) is 3.85. The molecule has 1 aliphatic carbocycles. The molecule has 1 nitrogen and oxygen atoms in total. The van der Waals surface area contributed by atoms with Crippen LogP contribution < -0.4 is 4.74 Å². The molecule has 13 heavy (non-hydrogen) atoms. The highest BCUT2D eigenvalue weighted by Crippen LogP contribution is 2.34. The van der Waals surface area contributed by atoms with Crippen molar-refractivity contribution in [2.24, 2.45) is 0 Å². The minimum absolute atomic E-state index is 0.343. The summed E-state index contributed by atoms with van der Waals surface area (Å²) in [7, 11) is 0. The molecule has 70 valence electrons. The second-order valence-corrected chi connectivity index (χ2v) is 4.01. The summed E-state index contributed by atoms with van der Waals surface area (Å²) in [4.78, 5) is 0. The van der Waals surface area contributed by atoms with Crippen LogP contribution in [-0.4, -0.2) is 6.10 Å². The summed E-state index contributed by atoms with van der Waals surface area (Å²) in [5.74, 6) is 0.707. The van der Waals surface area contributed by atoms with Crippen LogP contribution in [0.15, 0.2) is 18.2 Å². The van der Waals surface area contributed by atoms with Gasteiger partial charge in [0, 0.05) is 0 Å². The number of benzene rings is 1. The molecule has 1 fully saturated rings. The Kier molecular flexibility index (Phi) is 2.66. The predicted octanol–water partition coefficient (Wildman–Crippen LogP) is 3.92. The predicted molar refractivity (Wildman–Crippen MR) is 54.7 cm³/mol. The van der Waals surface area contributed by atoms with Gasteiger partial charge in [0.15, 0.2) is 0 Å². The van der Waals surface area contributed by atoms with E-state index in [1.807, 2.05) is 12.1 Å². The second-order valence-electron chi connectivity index (χ2n) is 3.22. The van der Waals surface area contributed by atoms with Crippen LogP contribution in [0.2, 0.25) is 10.0 Å². The van der Waals surface area contributed by atoms with E-state index in [2.05, 4.69) is 0 Å². The van der Waals surface area contributed by atoms with Crippen LogP contribution in [0.3, 0.4) is 0 Å².